The Morgan fingerprint density at radius 3 is 2.06 bits per heavy atom. The van der Waals surface area contributed by atoms with Crippen LogP contribution in [0.1, 0.15) is 37.0 Å². The van der Waals surface area contributed by atoms with E-state index in [1.807, 2.05) is 76.2 Å². The highest BCUT2D eigenvalue weighted by molar-refractivity contribution is 7.92. The lowest BCUT2D eigenvalue weighted by atomic mass is 10.1. The van der Waals surface area contributed by atoms with E-state index in [0.29, 0.717) is 18.7 Å². The van der Waals surface area contributed by atoms with Gasteiger partial charge in [0.1, 0.15) is 12.6 Å². The van der Waals surface area contributed by atoms with Gasteiger partial charge in [0.25, 0.3) is 0 Å². The van der Waals surface area contributed by atoms with Crippen molar-refractivity contribution in [2.24, 2.45) is 0 Å². The van der Waals surface area contributed by atoms with Gasteiger partial charge in [0.2, 0.25) is 21.8 Å². The fourth-order valence-electron chi connectivity index (χ4n) is 3.77. The number of anilines is 1. The second kappa shape index (κ2) is 11.1. The van der Waals surface area contributed by atoms with Crippen molar-refractivity contribution in [2.75, 3.05) is 23.7 Å². The Balaban J connectivity index is 2.47. The third-order valence-electron chi connectivity index (χ3n) is 5.30. The lowest BCUT2D eigenvalue weighted by molar-refractivity contribution is -0.140. The number of hydrogen-bond donors (Lipinski definition) is 1. The van der Waals surface area contributed by atoms with Crippen molar-refractivity contribution in [3.63, 3.8) is 0 Å². The standard InChI is InChI=1S/C24H33N3O4S/c1-6-21(24(29)25-7-2)26(16-20-14-9-8-10-15-20)22(28)17-27(32(5,30)31)23-18(3)12-11-13-19(23)4/h8-15,21H,6-7,16-17H2,1-5H3,(H,25,29). The number of hydrogen-bond acceptors (Lipinski definition) is 4. The van der Waals surface area contributed by atoms with E-state index in [1.54, 1.807) is 0 Å². The maximum Gasteiger partial charge on any atom is 0.244 e. The molecule has 0 radical (unpaired) electrons. The highest BCUT2D eigenvalue weighted by Gasteiger charge is 2.32. The smallest absolute Gasteiger partial charge is 0.244 e. The van der Waals surface area contributed by atoms with Crippen LogP contribution >= 0.6 is 0 Å². The van der Waals surface area contributed by atoms with E-state index in [4.69, 9.17) is 0 Å². The Hall–Kier alpha value is -2.87. The van der Waals surface area contributed by atoms with Crippen molar-refractivity contribution in [1.29, 1.82) is 0 Å². The van der Waals surface area contributed by atoms with Crippen molar-refractivity contribution in [3.8, 4) is 0 Å². The molecule has 0 heterocycles. The third-order valence-corrected chi connectivity index (χ3v) is 6.41. The molecule has 0 spiro atoms. The molecule has 0 aliphatic heterocycles. The molecule has 1 unspecified atom stereocenters. The number of nitrogens with one attached hydrogen (secondary N) is 1. The summed E-state index contributed by atoms with van der Waals surface area (Å²) in [5.41, 5.74) is 2.87. The molecule has 8 heteroatoms. The molecule has 1 N–H and O–H groups in total. The molecule has 0 aromatic heterocycles. The number of carbonyl (C=O) groups is 2. The van der Waals surface area contributed by atoms with E-state index in [9.17, 15) is 18.0 Å². The SMILES string of the molecule is CCNC(=O)C(CC)N(Cc1ccccc1)C(=O)CN(c1c(C)cccc1C)S(C)(=O)=O. The highest BCUT2D eigenvalue weighted by atomic mass is 32.2. The quantitative estimate of drug-likeness (QED) is 0.592. The van der Waals surface area contributed by atoms with Crippen molar-refractivity contribution in [2.45, 2.75) is 46.7 Å². The molecule has 7 nitrogen and oxygen atoms in total. The predicted octanol–water partition coefficient (Wildman–Crippen LogP) is 3.01. The molecule has 0 bridgehead atoms. The van der Waals surface area contributed by atoms with Gasteiger partial charge in [-0.1, -0.05) is 55.5 Å². The molecule has 0 saturated carbocycles. The minimum absolute atomic E-state index is 0.208. The van der Waals surface area contributed by atoms with Gasteiger partial charge in [0.15, 0.2) is 0 Å². The minimum atomic E-state index is -3.74. The second-order valence-corrected chi connectivity index (χ2v) is 9.74. The third kappa shape index (κ3) is 6.32. The molecule has 1 atom stereocenters. The van der Waals surface area contributed by atoms with E-state index in [-0.39, 0.29) is 19.0 Å². The number of para-hydroxylation sites is 1. The van der Waals surface area contributed by atoms with Gasteiger partial charge < -0.3 is 10.2 Å². The molecule has 2 rings (SSSR count). The number of likely N-dealkylation sites (N-methyl/N-ethyl adjacent to an activating group) is 1. The van der Waals surface area contributed by atoms with Crippen molar-refractivity contribution in [3.05, 3.63) is 65.2 Å². The molecule has 2 aromatic carbocycles. The molecular formula is C24H33N3O4S. The van der Waals surface area contributed by atoms with Gasteiger partial charge in [-0.15, -0.1) is 0 Å². The summed E-state index contributed by atoms with van der Waals surface area (Å²) in [5, 5.41) is 2.79. The molecule has 0 aliphatic rings. The topological polar surface area (TPSA) is 86.8 Å². The summed E-state index contributed by atoms with van der Waals surface area (Å²) >= 11 is 0. The van der Waals surface area contributed by atoms with Crippen LogP contribution in [0.15, 0.2) is 48.5 Å². The predicted molar refractivity (Wildman–Crippen MR) is 128 cm³/mol. The number of sulfonamides is 1. The maximum atomic E-state index is 13.5. The Morgan fingerprint density at radius 1 is 0.969 bits per heavy atom. The average Bonchev–Trinajstić information content (AvgIpc) is 2.72. The van der Waals surface area contributed by atoms with Gasteiger partial charge in [0, 0.05) is 13.1 Å². The lowest BCUT2D eigenvalue weighted by Gasteiger charge is -2.33. The fourth-order valence-corrected chi connectivity index (χ4v) is 4.73. The molecule has 2 aromatic rings. The molecule has 0 saturated heterocycles. The molecule has 0 fully saturated rings. The van der Waals surface area contributed by atoms with Crippen molar-refractivity contribution < 1.29 is 18.0 Å². The van der Waals surface area contributed by atoms with Crippen LogP contribution in [0.2, 0.25) is 0 Å². The van der Waals surface area contributed by atoms with Crippen LogP contribution in [0.25, 0.3) is 0 Å². The maximum absolute atomic E-state index is 13.5. The largest absolute Gasteiger partial charge is 0.355 e. The molecule has 0 aliphatic carbocycles. The zero-order valence-corrected chi connectivity index (χ0v) is 20.3. The van der Waals surface area contributed by atoms with Gasteiger partial charge in [-0.05, 0) is 43.9 Å². The number of rotatable bonds is 10. The van der Waals surface area contributed by atoms with Crippen LogP contribution in [-0.4, -0.2) is 50.5 Å². The summed E-state index contributed by atoms with van der Waals surface area (Å²) in [6.07, 6.45) is 1.50. The number of carbonyl (C=O) groups excluding carboxylic acids is 2. The van der Waals surface area contributed by atoms with Crippen LogP contribution in [0.4, 0.5) is 5.69 Å². The fraction of sp³-hybridized carbons (Fsp3) is 0.417. The first-order valence-corrected chi connectivity index (χ1v) is 12.6. The van der Waals surface area contributed by atoms with Crippen LogP contribution in [0, 0.1) is 13.8 Å². The van der Waals surface area contributed by atoms with Gasteiger partial charge in [0.05, 0.1) is 11.9 Å². The van der Waals surface area contributed by atoms with E-state index < -0.39 is 22.0 Å². The Bertz CT molecular complexity index is 1020. The van der Waals surface area contributed by atoms with Gasteiger partial charge >= 0.3 is 0 Å². The Morgan fingerprint density at radius 2 is 1.56 bits per heavy atom. The summed E-state index contributed by atoms with van der Waals surface area (Å²) in [4.78, 5) is 27.8. The number of aryl methyl sites for hydroxylation is 2. The van der Waals surface area contributed by atoms with E-state index in [0.717, 1.165) is 27.3 Å². The zero-order chi connectivity index (χ0) is 23.9. The van der Waals surface area contributed by atoms with Crippen molar-refractivity contribution in [1.82, 2.24) is 10.2 Å². The van der Waals surface area contributed by atoms with Crippen LogP contribution in [0.5, 0.6) is 0 Å². The van der Waals surface area contributed by atoms with E-state index >= 15 is 0 Å². The summed E-state index contributed by atoms with van der Waals surface area (Å²) in [6.45, 7) is 7.56. The first-order chi connectivity index (χ1) is 15.1. The van der Waals surface area contributed by atoms with Gasteiger partial charge in [-0.2, -0.15) is 0 Å². The number of nitrogens with zero attached hydrogens (tertiary/aromatic N) is 2. The van der Waals surface area contributed by atoms with Gasteiger partial charge in [-0.3, -0.25) is 13.9 Å². The Kier molecular flexibility index (Phi) is 8.83. The first-order valence-electron chi connectivity index (χ1n) is 10.7. The van der Waals surface area contributed by atoms with Gasteiger partial charge in [-0.25, -0.2) is 8.42 Å². The summed E-state index contributed by atoms with van der Waals surface area (Å²) in [6, 6.07) is 14.1. The zero-order valence-electron chi connectivity index (χ0n) is 19.5. The second-order valence-electron chi connectivity index (χ2n) is 7.84. The molecule has 174 valence electrons. The van der Waals surface area contributed by atoms with Crippen molar-refractivity contribution >= 4 is 27.5 Å². The molecular weight excluding hydrogens is 426 g/mol. The molecule has 32 heavy (non-hydrogen) atoms. The van der Waals surface area contributed by atoms with Crippen LogP contribution < -0.4 is 9.62 Å². The minimum Gasteiger partial charge on any atom is -0.355 e. The lowest BCUT2D eigenvalue weighted by Crippen LogP contribution is -2.52. The summed E-state index contributed by atoms with van der Waals surface area (Å²) in [5.74, 6) is -0.683. The average molecular weight is 460 g/mol. The van der Waals surface area contributed by atoms with Crippen LogP contribution in [0.3, 0.4) is 0 Å². The first kappa shape index (κ1) is 25.4. The monoisotopic (exact) mass is 459 g/mol. The summed E-state index contributed by atoms with van der Waals surface area (Å²) < 4.78 is 26.6. The van der Waals surface area contributed by atoms with E-state index in [2.05, 4.69) is 5.32 Å². The number of amides is 2. The summed E-state index contributed by atoms with van der Waals surface area (Å²) in [7, 11) is -3.74. The normalized spacial score (nSPS) is 12.2. The number of benzene rings is 2. The van der Waals surface area contributed by atoms with Crippen LogP contribution in [-0.2, 0) is 26.2 Å². The highest BCUT2D eigenvalue weighted by Crippen LogP contribution is 2.27. The molecule has 2 amide bonds. The Labute approximate surface area is 191 Å². The van der Waals surface area contributed by atoms with E-state index in [1.165, 1.54) is 4.90 Å².